The smallest absolute Gasteiger partial charge is 0.228 e. The van der Waals surface area contributed by atoms with E-state index in [1.54, 1.807) is 11.3 Å². The summed E-state index contributed by atoms with van der Waals surface area (Å²) < 4.78 is 2.03. The highest BCUT2D eigenvalue weighted by atomic mass is 35.5. The van der Waals surface area contributed by atoms with Crippen LogP contribution in [0.25, 0.3) is 16.2 Å². The van der Waals surface area contributed by atoms with Gasteiger partial charge in [0, 0.05) is 54.0 Å². The van der Waals surface area contributed by atoms with Crippen LogP contribution in [0, 0.1) is 0 Å². The first-order chi connectivity index (χ1) is 16.1. The van der Waals surface area contributed by atoms with Gasteiger partial charge in [0.05, 0.1) is 17.8 Å². The highest BCUT2D eigenvalue weighted by Gasteiger charge is 2.24. The van der Waals surface area contributed by atoms with Crippen molar-refractivity contribution in [1.82, 2.24) is 24.5 Å². The number of fused-ring (bicyclic) bond motifs is 2. The molecule has 168 valence electrons. The molecule has 6 rings (SSSR count). The molecule has 4 aromatic rings. The van der Waals surface area contributed by atoms with E-state index in [0.29, 0.717) is 24.5 Å². The molecule has 1 amide bonds. The van der Waals surface area contributed by atoms with E-state index in [2.05, 4.69) is 21.2 Å². The van der Waals surface area contributed by atoms with Gasteiger partial charge in [0.15, 0.2) is 10.8 Å². The molecule has 1 saturated heterocycles. The number of hydrogen-bond acceptors (Lipinski definition) is 6. The molecule has 2 aliphatic rings. The Morgan fingerprint density at radius 3 is 2.70 bits per heavy atom. The summed E-state index contributed by atoms with van der Waals surface area (Å²) in [7, 11) is 0. The fourth-order valence-corrected chi connectivity index (χ4v) is 5.64. The Morgan fingerprint density at radius 1 is 1.06 bits per heavy atom. The minimum absolute atomic E-state index is 0.149. The number of carbonyl (C=O) groups is 1. The summed E-state index contributed by atoms with van der Waals surface area (Å²) >= 11 is 7.56. The lowest BCUT2D eigenvalue weighted by Gasteiger charge is -2.35. The average Bonchev–Trinajstić information content (AvgIpc) is 3.56. The van der Waals surface area contributed by atoms with E-state index >= 15 is 0 Å². The summed E-state index contributed by atoms with van der Waals surface area (Å²) in [5.74, 6) is 1.09. The number of piperazine rings is 1. The Morgan fingerprint density at radius 2 is 1.88 bits per heavy atom. The summed E-state index contributed by atoms with van der Waals surface area (Å²) in [5.41, 5.74) is 5.35. The lowest BCUT2D eigenvalue weighted by atomic mass is 10.2. The average molecular weight is 479 g/mol. The third kappa shape index (κ3) is 3.98. The first-order valence-corrected chi connectivity index (χ1v) is 12.5. The van der Waals surface area contributed by atoms with Crippen molar-refractivity contribution in [2.45, 2.75) is 25.7 Å². The molecule has 33 heavy (non-hydrogen) atoms. The maximum Gasteiger partial charge on any atom is 0.228 e. The maximum absolute atomic E-state index is 13.1. The maximum atomic E-state index is 13.1. The van der Waals surface area contributed by atoms with Crippen LogP contribution >= 0.6 is 22.9 Å². The van der Waals surface area contributed by atoms with E-state index in [-0.39, 0.29) is 5.91 Å². The molecule has 9 heteroatoms. The van der Waals surface area contributed by atoms with Gasteiger partial charge in [-0.1, -0.05) is 23.7 Å². The molecule has 1 aliphatic heterocycles. The Labute approximate surface area is 200 Å². The van der Waals surface area contributed by atoms with Gasteiger partial charge in [-0.25, -0.2) is 4.98 Å². The van der Waals surface area contributed by atoms with E-state index in [9.17, 15) is 4.79 Å². The van der Waals surface area contributed by atoms with Gasteiger partial charge in [-0.2, -0.15) is 5.10 Å². The van der Waals surface area contributed by atoms with E-state index < -0.39 is 0 Å². The SMILES string of the molecule is O=C(Cc1csc2nc(-c3ccc(Cl)cc3)cn12)N1CCN(c2cc3c(nn2)CCC3)CC1. The molecule has 0 spiro atoms. The van der Waals surface area contributed by atoms with Crippen LogP contribution in [0.3, 0.4) is 0 Å². The highest BCUT2D eigenvalue weighted by molar-refractivity contribution is 7.15. The number of anilines is 1. The first kappa shape index (κ1) is 20.6. The minimum Gasteiger partial charge on any atom is -0.352 e. The molecule has 1 fully saturated rings. The summed E-state index contributed by atoms with van der Waals surface area (Å²) in [5, 5.41) is 11.6. The zero-order valence-corrected chi connectivity index (χ0v) is 19.6. The topological polar surface area (TPSA) is 66.6 Å². The second kappa shape index (κ2) is 8.43. The fourth-order valence-electron chi connectivity index (χ4n) is 4.64. The molecule has 3 aromatic heterocycles. The standard InChI is InChI=1S/C24H23ClN6OS/c25-18-6-4-16(5-7-18)21-14-31-19(15-33-24(31)26-21)13-23(32)30-10-8-29(9-11-30)22-12-17-2-1-3-20(17)27-28-22/h4-7,12,14-15H,1-3,8-11,13H2. The number of aryl methyl sites for hydroxylation is 2. The summed E-state index contributed by atoms with van der Waals surface area (Å²) in [4.78, 5) is 22.9. The van der Waals surface area contributed by atoms with E-state index in [4.69, 9.17) is 16.6 Å². The van der Waals surface area contributed by atoms with Crippen molar-refractivity contribution in [1.29, 1.82) is 0 Å². The van der Waals surface area contributed by atoms with Crippen LogP contribution in [-0.4, -0.2) is 56.6 Å². The number of thiazole rings is 1. The van der Waals surface area contributed by atoms with Gasteiger partial charge in [-0.05, 0) is 43.0 Å². The monoisotopic (exact) mass is 478 g/mol. The van der Waals surface area contributed by atoms with E-state index in [0.717, 1.165) is 59.4 Å². The number of nitrogens with zero attached hydrogens (tertiary/aromatic N) is 6. The van der Waals surface area contributed by atoms with Crippen molar-refractivity contribution in [3.05, 3.63) is 63.9 Å². The minimum atomic E-state index is 0.149. The molecule has 0 unspecified atom stereocenters. The molecule has 0 N–H and O–H groups in total. The van der Waals surface area contributed by atoms with Crippen LogP contribution in [0.15, 0.2) is 41.9 Å². The number of imidazole rings is 1. The molecule has 4 heterocycles. The summed E-state index contributed by atoms with van der Waals surface area (Å²) in [6, 6.07) is 9.84. The quantitative estimate of drug-likeness (QED) is 0.445. The molecular formula is C24H23ClN6OS. The molecule has 7 nitrogen and oxygen atoms in total. The normalized spacial score (nSPS) is 15.9. The van der Waals surface area contributed by atoms with Crippen LogP contribution in [0.1, 0.15) is 23.4 Å². The van der Waals surface area contributed by atoms with Gasteiger partial charge in [0.1, 0.15) is 0 Å². The van der Waals surface area contributed by atoms with Crippen molar-refractivity contribution < 1.29 is 4.79 Å². The number of aromatic nitrogens is 4. The Bertz CT molecular complexity index is 1320. The number of rotatable bonds is 4. The lowest BCUT2D eigenvalue weighted by Crippen LogP contribution is -2.49. The second-order valence-electron chi connectivity index (χ2n) is 8.59. The van der Waals surface area contributed by atoms with Gasteiger partial charge in [-0.3, -0.25) is 9.20 Å². The Kier molecular flexibility index (Phi) is 5.27. The molecule has 1 aromatic carbocycles. The molecule has 1 aliphatic carbocycles. The molecule has 0 saturated carbocycles. The number of halogens is 1. The Balaban J connectivity index is 1.12. The van der Waals surface area contributed by atoms with Crippen molar-refractivity contribution in [2.75, 3.05) is 31.1 Å². The number of benzene rings is 1. The number of amides is 1. The van der Waals surface area contributed by atoms with Crippen LogP contribution in [0.4, 0.5) is 5.82 Å². The van der Waals surface area contributed by atoms with E-state index in [1.807, 2.05) is 45.1 Å². The van der Waals surface area contributed by atoms with Gasteiger partial charge in [-0.15, -0.1) is 16.4 Å². The molecule has 0 atom stereocenters. The first-order valence-electron chi connectivity index (χ1n) is 11.2. The third-order valence-electron chi connectivity index (χ3n) is 6.52. The van der Waals surface area contributed by atoms with Gasteiger partial charge in [0.2, 0.25) is 5.91 Å². The predicted octanol–water partition coefficient (Wildman–Crippen LogP) is 3.89. The molecule has 0 radical (unpaired) electrons. The predicted molar refractivity (Wildman–Crippen MR) is 130 cm³/mol. The molecular weight excluding hydrogens is 456 g/mol. The van der Waals surface area contributed by atoms with E-state index in [1.165, 1.54) is 12.0 Å². The second-order valence-corrected chi connectivity index (χ2v) is 9.86. The number of carbonyl (C=O) groups excluding carboxylic acids is 1. The van der Waals surface area contributed by atoms with Crippen molar-refractivity contribution >= 4 is 39.6 Å². The largest absolute Gasteiger partial charge is 0.352 e. The fraction of sp³-hybridized carbons (Fsp3) is 0.333. The zero-order valence-electron chi connectivity index (χ0n) is 18.1. The number of hydrogen-bond donors (Lipinski definition) is 0. The zero-order chi connectivity index (χ0) is 22.4. The molecule has 0 bridgehead atoms. The van der Waals surface area contributed by atoms with Gasteiger partial charge >= 0.3 is 0 Å². The van der Waals surface area contributed by atoms with Crippen LogP contribution in [0.5, 0.6) is 0 Å². The van der Waals surface area contributed by atoms with Crippen molar-refractivity contribution in [3.8, 4) is 11.3 Å². The summed E-state index contributed by atoms with van der Waals surface area (Å²) in [6.45, 7) is 2.96. The van der Waals surface area contributed by atoms with Gasteiger partial charge < -0.3 is 9.80 Å². The lowest BCUT2D eigenvalue weighted by molar-refractivity contribution is -0.130. The van der Waals surface area contributed by atoms with Crippen molar-refractivity contribution in [2.24, 2.45) is 0 Å². The van der Waals surface area contributed by atoms with Crippen molar-refractivity contribution in [3.63, 3.8) is 0 Å². The van der Waals surface area contributed by atoms with Gasteiger partial charge in [0.25, 0.3) is 0 Å². The van der Waals surface area contributed by atoms with Crippen LogP contribution in [-0.2, 0) is 24.1 Å². The van der Waals surface area contributed by atoms with Crippen LogP contribution in [0.2, 0.25) is 5.02 Å². The Hall–Kier alpha value is -2.97. The highest BCUT2D eigenvalue weighted by Crippen LogP contribution is 2.26. The summed E-state index contributed by atoms with van der Waals surface area (Å²) in [6.07, 6.45) is 5.68. The van der Waals surface area contributed by atoms with Crippen LogP contribution < -0.4 is 4.90 Å². The third-order valence-corrected chi connectivity index (χ3v) is 7.66.